The average molecular weight is 521 g/mol. The smallest absolute Gasteiger partial charge is 0.136 e. The minimum absolute atomic E-state index is 0.924. The molecule has 9 aromatic rings. The number of benzene rings is 8. The van der Waals surface area contributed by atoms with Gasteiger partial charge >= 0.3 is 0 Å². The SMILES string of the molecule is c1ccc2c(c1)ccc1ccc3cc(-c4ccc(-c5ccc6c(c5)oc5ccccc56)cc4)c4ccccc4c3c12. The van der Waals surface area contributed by atoms with E-state index < -0.39 is 0 Å². The summed E-state index contributed by atoms with van der Waals surface area (Å²) < 4.78 is 6.15. The van der Waals surface area contributed by atoms with Gasteiger partial charge in [0.15, 0.2) is 0 Å². The normalized spacial score (nSPS) is 11.9. The van der Waals surface area contributed by atoms with Crippen LogP contribution in [0, 0.1) is 0 Å². The Morgan fingerprint density at radius 2 is 0.902 bits per heavy atom. The highest BCUT2D eigenvalue weighted by molar-refractivity contribution is 6.29. The fraction of sp³-hybridized carbons (Fsp3) is 0. The number of para-hydroxylation sites is 1. The van der Waals surface area contributed by atoms with Gasteiger partial charge in [0.2, 0.25) is 0 Å². The van der Waals surface area contributed by atoms with E-state index in [4.69, 9.17) is 4.42 Å². The third-order valence-electron chi connectivity index (χ3n) is 8.64. The molecule has 0 unspecified atom stereocenters. The Morgan fingerprint density at radius 3 is 1.76 bits per heavy atom. The van der Waals surface area contributed by atoms with Crippen LogP contribution in [0.4, 0.5) is 0 Å². The number of furan rings is 1. The van der Waals surface area contributed by atoms with E-state index in [9.17, 15) is 0 Å². The highest BCUT2D eigenvalue weighted by atomic mass is 16.3. The molecule has 1 heteroatoms. The predicted molar refractivity (Wildman–Crippen MR) is 175 cm³/mol. The lowest BCUT2D eigenvalue weighted by atomic mass is 9.89. The Kier molecular flexibility index (Phi) is 4.67. The van der Waals surface area contributed by atoms with Crippen molar-refractivity contribution in [3.8, 4) is 22.3 Å². The summed E-state index contributed by atoms with van der Waals surface area (Å²) in [6.45, 7) is 0. The zero-order chi connectivity index (χ0) is 26.9. The van der Waals surface area contributed by atoms with Gasteiger partial charge in [0, 0.05) is 10.8 Å². The summed E-state index contributed by atoms with van der Waals surface area (Å²) in [7, 11) is 0. The van der Waals surface area contributed by atoms with Crippen molar-refractivity contribution in [3.05, 3.63) is 146 Å². The van der Waals surface area contributed by atoms with Crippen molar-refractivity contribution in [2.24, 2.45) is 0 Å². The monoisotopic (exact) mass is 520 g/mol. The van der Waals surface area contributed by atoms with Crippen molar-refractivity contribution < 1.29 is 4.42 Å². The second kappa shape index (κ2) is 8.55. The maximum Gasteiger partial charge on any atom is 0.136 e. The van der Waals surface area contributed by atoms with E-state index in [1.54, 1.807) is 0 Å². The topological polar surface area (TPSA) is 13.1 Å². The molecule has 190 valence electrons. The van der Waals surface area contributed by atoms with Crippen LogP contribution in [0.25, 0.3) is 87.3 Å². The molecule has 9 rings (SSSR count). The maximum absolute atomic E-state index is 6.15. The molecule has 0 fully saturated rings. The molecule has 0 N–H and O–H groups in total. The summed E-state index contributed by atoms with van der Waals surface area (Å²) in [5, 5.41) is 12.7. The second-order valence-electron chi connectivity index (χ2n) is 10.9. The Labute approximate surface area is 236 Å². The van der Waals surface area contributed by atoms with Crippen molar-refractivity contribution in [1.82, 2.24) is 0 Å². The van der Waals surface area contributed by atoms with E-state index in [0.717, 1.165) is 27.5 Å². The summed E-state index contributed by atoms with van der Waals surface area (Å²) >= 11 is 0. The van der Waals surface area contributed by atoms with Gasteiger partial charge in [-0.3, -0.25) is 0 Å². The van der Waals surface area contributed by atoms with E-state index >= 15 is 0 Å². The van der Waals surface area contributed by atoms with Crippen LogP contribution in [0.5, 0.6) is 0 Å². The van der Waals surface area contributed by atoms with Crippen LogP contribution in [-0.2, 0) is 0 Å². The van der Waals surface area contributed by atoms with Crippen molar-refractivity contribution in [3.63, 3.8) is 0 Å². The zero-order valence-corrected chi connectivity index (χ0v) is 22.3. The van der Waals surface area contributed by atoms with Crippen LogP contribution >= 0.6 is 0 Å². The number of hydrogen-bond donors (Lipinski definition) is 0. The Morgan fingerprint density at radius 1 is 0.317 bits per heavy atom. The molecular weight excluding hydrogens is 496 g/mol. The Balaban J connectivity index is 1.22. The van der Waals surface area contributed by atoms with Crippen LogP contribution < -0.4 is 0 Å². The summed E-state index contributed by atoms with van der Waals surface area (Å²) in [6.07, 6.45) is 0. The highest BCUT2D eigenvalue weighted by Gasteiger charge is 2.14. The average Bonchev–Trinajstić information content (AvgIpc) is 3.42. The number of fused-ring (bicyclic) bond motifs is 10. The fourth-order valence-electron chi connectivity index (χ4n) is 6.68. The lowest BCUT2D eigenvalue weighted by Crippen LogP contribution is -1.87. The van der Waals surface area contributed by atoms with Gasteiger partial charge in [-0.25, -0.2) is 0 Å². The first-order valence-electron chi connectivity index (χ1n) is 14.1. The molecule has 0 aliphatic heterocycles. The lowest BCUT2D eigenvalue weighted by molar-refractivity contribution is 0.669. The first-order chi connectivity index (χ1) is 20.3. The largest absolute Gasteiger partial charge is 0.456 e. The molecule has 41 heavy (non-hydrogen) atoms. The molecule has 1 aromatic heterocycles. The molecule has 0 radical (unpaired) electrons. The van der Waals surface area contributed by atoms with Gasteiger partial charge in [0.1, 0.15) is 11.2 Å². The van der Waals surface area contributed by atoms with Crippen LogP contribution in [0.2, 0.25) is 0 Å². The van der Waals surface area contributed by atoms with Gasteiger partial charge in [-0.15, -0.1) is 0 Å². The molecule has 0 amide bonds. The molecule has 0 saturated heterocycles. The van der Waals surface area contributed by atoms with Gasteiger partial charge in [0.25, 0.3) is 0 Å². The summed E-state index contributed by atoms with van der Waals surface area (Å²) in [5.41, 5.74) is 6.66. The summed E-state index contributed by atoms with van der Waals surface area (Å²) in [6, 6.07) is 52.7. The second-order valence-corrected chi connectivity index (χ2v) is 10.9. The highest BCUT2D eigenvalue weighted by Crippen LogP contribution is 2.41. The standard InChI is InChI=1S/C40H24O/c1-2-8-31-26(7-1)17-18-28-19-20-30-23-36(32-9-3-4-11-35(32)40(30)39(28)31)27-15-13-25(14-16-27)29-21-22-34-33-10-5-6-12-37(33)41-38(34)24-29/h1-24H. The van der Waals surface area contributed by atoms with Gasteiger partial charge in [-0.1, -0.05) is 121 Å². The van der Waals surface area contributed by atoms with E-state index in [1.165, 1.54) is 59.8 Å². The molecule has 8 aromatic carbocycles. The number of rotatable bonds is 2. The van der Waals surface area contributed by atoms with Gasteiger partial charge in [0.05, 0.1) is 0 Å². The molecule has 1 heterocycles. The maximum atomic E-state index is 6.15. The minimum Gasteiger partial charge on any atom is -0.456 e. The molecule has 1 nitrogen and oxygen atoms in total. The van der Waals surface area contributed by atoms with Crippen LogP contribution in [0.15, 0.2) is 150 Å². The van der Waals surface area contributed by atoms with Crippen LogP contribution in [-0.4, -0.2) is 0 Å². The Hall–Kier alpha value is -5.40. The van der Waals surface area contributed by atoms with E-state index in [2.05, 4.69) is 133 Å². The summed E-state index contributed by atoms with van der Waals surface area (Å²) in [4.78, 5) is 0. The zero-order valence-electron chi connectivity index (χ0n) is 22.3. The van der Waals surface area contributed by atoms with Crippen molar-refractivity contribution in [1.29, 1.82) is 0 Å². The van der Waals surface area contributed by atoms with E-state index in [-0.39, 0.29) is 0 Å². The van der Waals surface area contributed by atoms with Gasteiger partial charge in [-0.2, -0.15) is 0 Å². The molecular formula is C40H24O. The first-order valence-corrected chi connectivity index (χ1v) is 14.1. The molecule has 0 aliphatic rings. The Bertz CT molecular complexity index is 2460. The molecule has 0 atom stereocenters. The van der Waals surface area contributed by atoms with Gasteiger partial charge in [-0.05, 0) is 89.6 Å². The van der Waals surface area contributed by atoms with Crippen LogP contribution in [0.1, 0.15) is 0 Å². The predicted octanol–water partition coefficient (Wildman–Crippen LogP) is 11.5. The quantitative estimate of drug-likeness (QED) is 0.207. The first kappa shape index (κ1) is 22.4. The summed E-state index contributed by atoms with van der Waals surface area (Å²) in [5.74, 6) is 0. The van der Waals surface area contributed by atoms with Gasteiger partial charge < -0.3 is 4.42 Å². The molecule has 0 spiro atoms. The fourth-order valence-corrected chi connectivity index (χ4v) is 6.68. The third kappa shape index (κ3) is 3.36. The van der Waals surface area contributed by atoms with Crippen molar-refractivity contribution in [2.75, 3.05) is 0 Å². The van der Waals surface area contributed by atoms with E-state index in [0.29, 0.717) is 0 Å². The van der Waals surface area contributed by atoms with Crippen molar-refractivity contribution >= 4 is 65.0 Å². The molecule has 0 aliphatic carbocycles. The third-order valence-corrected chi connectivity index (χ3v) is 8.64. The molecule has 0 saturated carbocycles. The van der Waals surface area contributed by atoms with Crippen LogP contribution in [0.3, 0.4) is 0 Å². The number of hydrogen-bond acceptors (Lipinski definition) is 1. The minimum atomic E-state index is 0.924. The molecule has 0 bridgehead atoms. The van der Waals surface area contributed by atoms with Crippen molar-refractivity contribution in [2.45, 2.75) is 0 Å². The van der Waals surface area contributed by atoms with E-state index in [1.807, 2.05) is 12.1 Å². The lowest BCUT2D eigenvalue weighted by Gasteiger charge is -2.15.